The quantitative estimate of drug-likeness (QED) is 0.870. The SMILES string of the molecule is Cc1cc(-c2ccc(CNC(C)C)cc2F)ccc1F. The van der Waals surface area contributed by atoms with Gasteiger partial charge in [-0.25, -0.2) is 8.78 Å². The molecular formula is C17H19F2N. The lowest BCUT2D eigenvalue weighted by Crippen LogP contribution is -2.21. The molecule has 0 atom stereocenters. The van der Waals surface area contributed by atoms with Crippen molar-refractivity contribution in [3.63, 3.8) is 0 Å². The van der Waals surface area contributed by atoms with Gasteiger partial charge in [0.25, 0.3) is 0 Å². The van der Waals surface area contributed by atoms with Crippen LogP contribution in [0.3, 0.4) is 0 Å². The van der Waals surface area contributed by atoms with Crippen LogP contribution >= 0.6 is 0 Å². The number of rotatable bonds is 4. The van der Waals surface area contributed by atoms with Crippen molar-refractivity contribution < 1.29 is 8.78 Å². The van der Waals surface area contributed by atoms with Gasteiger partial charge in [-0.15, -0.1) is 0 Å². The maximum atomic E-state index is 14.2. The predicted molar refractivity (Wildman–Crippen MR) is 78.5 cm³/mol. The molecule has 3 heteroatoms. The zero-order valence-corrected chi connectivity index (χ0v) is 12.0. The number of halogens is 2. The van der Waals surface area contributed by atoms with Crippen LogP contribution in [-0.2, 0) is 6.54 Å². The average Bonchev–Trinajstić information content (AvgIpc) is 2.40. The highest BCUT2D eigenvalue weighted by Gasteiger charge is 2.08. The van der Waals surface area contributed by atoms with Gasteiger partial charge in [0.1, 0.15) is 11.6 Å². The summed E-state index contributed by atoms with van der Waals surface area (Å²) in [5.74, 6) is -0.550. The summed E-state index contributed by atoms with van der Waals surface area (Å²) >= 11 is 0. The Morgan fingerprint density at radius 3 is 2.35 bits per heavy atom. The van der Waals surface area contributed by atoms with Crippen LogP contribution in [0.4, 0.5) is 8.78 Å². The Balaban J connectivity index is 2.27. The van der Waals surface area contributed by atoms with Gasteiger partial charge in [0, 0.05) is 18.2 Å². The van der Waals surface area contributed by atoms with Crippen molar-refractivity contribution in [2.75, 3.05) is 0 Å². The van der Waals surface area contributed by atoms with Crippen molar-refractivity contribution in [2.24, 2.45) is 0 Å². The van der Waals surface area contributed by atoms with Gasteiger partial charge in [-0.2, -0.15) is 0 Å². The molecule has 20 heavy (non-hydrogen) atoms. The molecule has 0 heterocycles. The molecule has 0 fully saturated rings. The summed E-state index contributed by atoms with van der Waals surface area (Å²) in [6.45, 7) is 6.41. The monoisotopic (exact) mass is 275 g/mol. The van der Waals surface area contributed by atoms with Gasteiger partial charge >= 0.3 is 0 Å². The minimum absolute atomic E-state index is 0.271. The molecule has 0 aliphatic heterocycles. The van der Waals surface area contributed by atoms with Gasteiger partial charge in [-0.3, -0.25) is 0 Å². The molecule has 0 aliphatic carbocycles. The molecule has 0 aromatic heterocycles. The summed E-state index contributed by atoms with van der Waals surface area (Å²) in [4.78, 5) is 0. The average molecular weight is 275 g/mol. The van der Waals surface area contributed by atoms with Crippen molar-refractivity contribution in [1.82, 2.24) is 5.32 Å². The molecule has 0 aliphatic rings. The highest BCUT2D eigenvalue weighted by molar-refractivity contribution is 5.65. The fourth-order valence-electron chi connectivity index (χ4n) is 2.04. The Kier molecular flexibility index (Phi) is 4.50. The fraction of sp³-hybridized carbons (Fsp3) is 0.294. The highest BCUT2D eigenvalue weighted by atomic mass is 19.1. The van der Waals surface area contributed by atoms with Crippen molar-refractivity contribution in [1.29, 1.82) is 0 Å². The van der Waals surface area contributed by atoms with Crippen LogP contribution in [0.2, 0.25) is 0 Å². The van der Waals surface area contributed by atoms with Crippen LogP contribution in [0.1, 0.15) is 25.0 Å². The van der Waals surface area contributed by atoms with E-state index in [-0.39, 0.29) is 11.6 Å². The third-order valence-corrected chi connectivity index (χ3v) is 3.22. The largest absolute Gasteiger partial charge is 0.310 e. The molecule has 0 bridgehead atoms. The molecule has 1 nitrogen and oxygen atoms in total. The first-order valence-corrected chi connectivity index (χ1v) is 6.75. The summed E-state index contributed by atoms with van der Waals surface area (Å²) < 4.78 is 27.4. The standard InChI is InChI=1S/C17H19F2N/c1-11(2)20-10-13-4-6-15(17(19)9-13)14-5-7-16(18)12(3)8-14/h4-9,11,20H,10H2,1-3H3. The lowest BCUT2D eigenvalue weighted by molar-refractivity contribution is 0.582. The lowest BCUT2D eigenvalue weighted by Gasteiger charge is -2.10. The van der Waals surface area contributed by atoms with Gasteiger partial charge < -0.3 is 5.32 Å². The highest BCUT2D eigenvalue weighted by Crippen LogP contribution is 2.25. The predicted octanol–water partition coefficient (Wildman–Crippen LogP) is 4.44. The maximum absolute atomic E-state index is 14.2. The number of hydrogen-bond donors (Lipinski definition) is 1. The van der Waals surface area contributed by atoms with E-state index in [1.165, 1.54) is 12.1 Å². The van der Waals surface area contributed by atoms with Crippen molar-refractivity contribution in [2.45, 2.75) is 33.4 Å². The molecule has 1 N–H and O–H groups in total. The number of nitrogens with one attached hydrogen (secondary N) is 1. The van der Waals surface area contributed by atoms with E-state index in [1.807, 2.05) is 19.9 Å². The zero-order valence-electron chi connectivity index (χ0n) is 12.0. The molecule has 0 radical (unpaired) electrons. The molecule has 0 unspecified atom stereocenters. The van der Waals surface area contributed by atoms with Gasteiger partial charge in [0.15, 0.2) is 0 Å². The molecule has 2 rings (SSSR count). The lowest BCUT2D eigenvalue weighted by atomic mass is 10.0. The van der Waals surface area contributed by atoms with Gasteiger partial charge in [-0.1, -0.05) is 32.0 Å². The van der Waals surface area contributed by atoms with Crippen molar-refractivity contribution in [3.8, 4) is 11.1 Å². The van der Waals surface area contributed by atoms with Crippen LogP contribution in [0.5, 0.6) is 0 Å². The van der Waals surface area contributed by atoms with Crippen LogP contribution in [0.25, 0.3) is 11.1 Å². The summed E-state index contributed by atoms with van der Waals surface area (Å²) in [5.41, 5.74) is 2.62. The van der Waals surface area contributed by atoms with Crippen molar-refractivity contribution in [3.05, 3.63) is 59.2 Å². The summed E-state index contributed by atoms with van der Waals surface area (Å²) in [7, 11) is 0. The third-order valence-electron chi connectivity index (χ3n) is 3.22. The van der Waals surface area contributed by atoms with Crippen molar-refractivity contribution >= 4 is 0 Å². The summed E-state index contributed by atoms with van der Waals surface area (Å²) in [5, 5.41) is 3.25. The molecule has 0 saturated heterocycles. The minimum atomic E-state index is -0.279. The molecular weight excluding hydrogens is 256 g/mol. The Morgan fingerprint density at radius 1 is 1.00 bits per heavy atom. The molecule has 2 aromatic rings. The zero-order chi connectivity index (χ0) is 14.7. The second-order valence-electron chi connectivity index (χ2n) is 5.31. The first-order valence-electron chi connectivity index (χ1n) is 6.75. The van der Waals surface area contributed by atoms with E-state index in [2.05, 4.69) is 5.32 Å². The first kappa shape index (κ1) is 14.7. The van der Waals surface area contributed by atoms with Gasteiger partial charge in [0.05, 0.1) is 0 Å². The van der Waals surface area contributed by atoms with Gasteiger partial charge in [-0.05, 0) is 41.8 Å². The Labute approximate surface area is 118 Å². The Bertz CT molecular complexity index is 606. The smallest absolute Gasteiger partial charge is 0.131 e. The Morgan fingerprint density at radius 2 is 1.75 bits per heavy atom. The summed E-state index contributed by atoms with van der Waals surface area (Å²) in [6.07, 6.45) is 0. The van der Waals surface area contributed by atoms with Crippen LogP contribution < -0.4 is 5.32 Å². The fourth-order valence-corrected chi connectivity index (χ4v) is 2.04. The molecule has 0 amide bonds. The van der Waals surface area contributed by atoms with E-state index in [0.29, 0.717) is 29.3 Å². The van der Waals surface area contributed by atoms with Crippen LogP contribution in [0, 0.1) is 18.6 Å². The van der Waals surface area contributed by atoms with Crippen LogP contribution in [-0.4, -0.2) is 6.04 Å². The van der Waals surface area contributed by atoms with E-state index >= 15 is 0 Å². The number of benzene rings is 2. The molecule has 106 valence electrons. The second kappa shape index (κ2) is 6.14. The van der Waals surface area contributed by atoms with E-state index in [9.17, 15) is 8.78 Å². The van der Waals surface area contributed by atoms with E-state index in [1.54, 1.807) is 25.1 Å². The molecule has 0 saturated carbocycles. The normalized spacial score (nSPS) is 11.1. The van der Waals surface area contributed by atoms with E-state index in [4.69, 9.17) is 0 Å². The topological polar surface area (TPSA) is 12.0 Å². The number of aryl methyl sites for hydroxylation is 1. The van der Waals surface area contributed by atoms with E-state index in [0.717, 1.165) is 5.56 Å². The molecule has 2 aromatic carbocycles. The number of hydrogen-bond acceptors (Lipinski definition) is 1. The second-order valence-corrected chi connectivity index (χ2v) is 5.31. The van der Waals surface area contributed by atoms with Crippen LogP contribution in [0.15, 0.2) is 36.4 Å². The summed E-state index contributed by atoms with van der Waals surface area (Å²) in [6, 6.07) is 10.2. The van der Waals surface area contributed by atoms with E-state index < -0.39 is 0 Å². The maximum Gasteiger partial charge on any atom is 0.131 e. The van der Waals surface area contributed by atoms with Gasteiger partial charge in [0.2, 0.25) is 0 Å². The first-order chi connectivity index (χ1) is 9.47. The Hall–Kier alpha value is -1.74. The third kappa shape index (κ3) is 3.42. The molecule has 0 spiro atoms. The minimum Gasteiger partial charge on any atom is -0.310 e.